The van der Waals surface area contributed by atoms with Crippen molar-refractivity contribution in [3.63, 3.8) is 0 Å². The molecule has 0 saturated heterocycles. The van der Waals surface area contributed by atoms with Crippen LogP contribution in [-0.2, 0) is 0 Å². The topological polar surface area (TPSA) is 34.1 Å². The lowest BCUT2D eigenvalue weighted by molar-refractivity contribution is -0.0189. The Hall–Kier alpha value is -2.69. The van der Waals surface area contributed by atoms with Crippen molar-refractivity contribution in [1.29, 1.82) is 0 Å². The van der Waals surface area contributed by atoms with Crippen LogP contribution in [0.4, 0.5) is 0 Å². The molecule has 0 N–H and O–H groups in total. The monoisotopic (exact) mass is 452 g/mol. The summed E-state index contributed by atoms with van der Waals surface area (Å²) in [7, 11) is 0. The van der Waals surface area contributed by atoms with Gasteiger partial charge in [-0.1, -0.05) is 60.5 Å². The number of ether oxygens (including phenoxy) is 2. The summed E-state index contributed by atoms with van der Waals surface area (Å²) in [6.07, 6.45) is 1.33. The summed E-state index contributed by atoms with van der Waals surface area (Å²) in [6.45, 7) is 2.79. The van der Waals surface area contributed by atoms with Crippen LogP contribution in [0.15, 0.2) is 71.8 Å². The van der Waals surface area contributed by atoms with Crippen molar-refractivity contribution in [3.05, 3.63) is 93.5 Å². The lowest BCUT2D eigenvalue weighted by Gasteiger charge is -2.38. The van der Waals surface area contributed by atoms with E-state index in [1.54, 1.807) is 6.07 Å². The van der Waals surface area contributed by atoms with Gasteiger partial charge in [-0.3, -0.25) is 0 Å². The second-order valence-corrected chi connectivity index (χ2v) is 8.55. The number of hydrogen-bond acceptors (Lipinski definition) is 4. The Bertz CT molecular complexity index is 1120. The van der Waals surface area contributed by atoms with Crippen molar-refractivity contribution >= 4 is 28.9 Å². The van der Waals surface area contributed by atoms with E-state index in [9.17, 15) is 0 Å². The highest BCUT2D eigenvalue weighted by Crippen LogP contribution is 2.50. The highest BCUT2D eigenvalue weighted by molar-refractivity contribution is 6.35. The highest BCUT2D eigenvalue weighted by atomic mass is 35.5. The second-order valence-electron chi connectivity index (χ2n) is 7.71. The molecule has 2 atom stereocenters. The molecular weight excluding hydrogens is 431 g/mol. The Morgan fingerprint density at radius 3 is 2.58 bits per heavy atom. The van der Waals surface area contributed by atoms with Gasteiger partial charge < -0.3 is 9.47 Å². The van der Waals surface area contributed by atoms with Gasteiger partial charge in [-0.25, -0.2) is 5.01 Å². The quantitative estimate of drug-likeness (QED) is 0.416. The normalized spacial score (nSPS) is 19.3. The summed E-state index contributed by atoms with van der Waals surface area (Å²) < 4.78 is 12.1. The van der Waals surface area contributed by atoms with Crippen molar-refractivity contribution in [1.82, 2.24) is 5.01 Å². The van der Waals surface area contributed by atoms with E-state index in [1.165, 1.54) is 0 Å². The van der Waals surface area contributed by atoms with Crippen LogP contribution in [-0.4, -0.2) is 17.3 Å². The summed E-state index contributed by atoms with van der Waals surface area (Å²) in [5, 5.41) is 8.11. The molecular formula is C25H22Cl2N2O2. The van der Waals surface area contributed by atoms with Gasteiger partial charge in [0.2, 0.25) is 6.23 Å². The average Bonchev–Trinajstić information content (AvgIpc) is 3.24. The van der Waals surface area contributed by atoms with Crippen molar-refractivity contribution in [2.24, 2.45) is 5.10 Å². The number of halogens is 2. The molecule has 0 spiro atoms. The van der Waals surface area contributed by atoms with E-state index in [4.69, 9.17) is 37.8 Å². The van der Waals surface area contributed by atoms with Crippen LogP contribution >= 0.6 is 23.2 Å². The zero-order valence-electron chi connectivity index (χ0n) is 17.1. The van der Waals surface area contributed by atoms with Gasteiger partial charge in [0, 0.05) is 22.6 Å². The maximum absolute atomic E-state index is 6.54. The minimum atomic E-state index is -0.391. The van der Waals surface area contributed by atoms with E-state index < -0.39 is 6.23 Å². The number of rotatable bonds is 5. The molecule has 6 heteroatoms. The van der Waals surface area contributed by atoms with Gasteiger partial charge in [0.05, 0.1) is 23.4 Å². The molecule has 5 rings (SSSR count). The van der Waals surface area contributed by atoms with E-state index in [1.807, 2.05) is 53.5 Å². The molecule has 0 aromatic heterocycles. The molecule has 31 heavy (non-hydrogen) atoms. The molecule has 3 aromatic rings. The first kappa shape index (κ1) is 20.2. The van der Waals surface area contributed by atoms with Crippen LogP contribution in [0.25, 0.3) is 0 Å². The molecule has 0 radical (unpaired) electrons. The zero-order valence-corrected chi connectivity index (χ0v) is 18.6. The zero-order chi connectivity index (χ0) is 21.4. The van der Waals surface area contributed by atoms with E-state index in [-0.39, 0.29) is 6.04 Å². The molecule has 3 aromatic carbocycles. The fraction of sp³-hybridized carbons (Fsp3) is 0.240. The Labute approximate surface area is 192 Å². The lowest BCUT2D eigenvalue weighted by atomic mass is 9.96. The molecule has 0 bridgehead atoms. The maximum Gasteiger partial charge on any atom is 0.213 e. The van der Waals surface area contributed by atoms with Gasteiger partial charge in [-0.05, 0) is 48.4 Å². The van der Waals surface area contributed by atoms with Crippen LogP contribution in [0.2, 0.25) is 10.0 Å². The van der Waals surface area contributed by atoms with Crippen LogP contribution in [0.3, 0.4) is 0 Å². The standard InChI is InChI=1S/C25H22Cl2N2O2/c1-2-12-30-19-10-8-17(9-11-19)25-29-23(15-22(28-29)16-6-4-3-5-7-16)20-13-18(26)14-21(27)24(20)31-25/h3-11,13-14,23,25H,2,12,15H2,1H3/t23-,25-/m0/s1. The molecule has 0 unspecified atom stereocenters. The Morgan fingerprint density at radius 1 is 1.06 bits per heavy atom. The third-order valence-corrected chi connectivity index (χ3v) is 6.05. The van der Waals surface area contributed by atoms with E-state index >= 15 is 0 Å². The Kier molecular flexibility index (Phi) is 5.51. The number of fused-ring (bicyclic) bond motifs is 3. The largest absolute Gasteiger partial charge is 0.494 e. The predicted molar refractivity (Wildman–Crippen MR) is 124 cm³/mol. The van der Waals surface area contributed by atoms with Crippen LogP contribution in [0.5, 0.6) is 11.5 Å². The molecule has 0 fully saturated rings. The fourth-order valence-corrected chi connectivity index (χ4v) is 4.64. The molecule has 2 aliphatic heterocycles. The highest BCUT2D eigenvalue weighted by Gasteiger charge is 2.42. The minimum absolute atomic E-state index is 0.00354. The molecule has 158 valence electrons. The van der Waals surface area contributed by atoms with Crippen molar-refractivity contribution in [2.45, 2.75) is 32.0 Å². The SMILES string of the molecule is CCCOc1ccc([C@@H]2Oc3c(Cl)cc(Cl)cc3[C@@H]3CC(c4ccccc4)=NN32)cc1. The average molecular weight is 453 g/mol. The molecule has 2 heterocycles. The van der Waals surface area contributed by atoms with Gasteiger partial charge in [-0.2, -0.15) is 5.10 Å². The summed E-state index contributed by atoms with van der Waals surface area (Å²) in [6, 6.07) is 21.9. The van der Waals surface area contributed by atoms with E-state index in [0.717, 1.165) is 41.0 Å². The van der Waals surface area contributed by atoms with Gasteiger partial charge in [0.1, 0.15) is 11.5 Å². The van der Waals surface area contributed by atoms with E-state index in [0.29, 0.717) is 22.4 Å². The Morgan fingerprint density at radius 2 is 1.84 bits per heavy atom. The fourth-order valence-electron chi connectivity index (χ4n) is 4.09. The molecule has 2 aliphatic rings. The smallest absolute Gasteiger partial charge is 0.213 e. The van der Waals surface area contributed by atoms with Crippen LogP contribution in [0.1, 0.15) is 48.7 Å². The van der Waals surface area contributed by atoms with Crippen LogP contribution < -0.4 is 9.47 Å². The van der Waals surface area contributed by atoms with Crippen molar-refractivity contribution in [2.75, 3.05) is 6.61 Å². The first-order chi connectivity index (χ1) is 15.1. The third kappa shape index (κ3) is 3.86. The number of nitrogens with zero attached hydrogens (tertiary/aromatic N) is 2. The van der Waals surface area contributed by atoms with Crippen molar-refractivity contribution in [3.8, 4) is 11.5 Å². The summed E-state index contributed by atoms with van der Waals surface area (Å²) in [5.41, 5.74) is 4.08. The molecule has 0 aliphatic carbocycles. The molecule has 4 nitrogen and oxygen atoms in total. The third-order valence-electron chi connectivity index (χ3n) is 5.55. The summed E-state index contributed by atoms with van der Waals surface area (Å²) >= 11 is 12.9. The van der Waals surface area contributed by atoms with Gasteiger partial charge in [0.25, 0.3) is 0 Å². The van der Waals surface area contributed by atoms with Gasteiger partial charge >= 0.3 is 0 Å². The maximum atomic E-state index is 6.54. The van der Waals surface area contributed by atoms with Gasteiger partial charge in [-0.15, -0.1) is 0 Å². The van der Waals surface area contributed by atoms with Gasteiger partial charge in [0.15, 0.2) is 0 Å². The molecule has 0 saturated carbocycles. The number of hydrazone groups is 1. The van der Waals surface area contributed by atoms with Crippen LogP contribution in [0, 0.1) is 0 Å². The number of benzene rings is 3. The lowest BCUT2D eigenvalue weighted by Crippen LogP contribution is -2.33. The summed E-state index contributed by atoms with van der Waals surface area (Å²) in [5.74, 6) is 1.52. The second kappa shape index (κ2) is 8.45. The predicted octanol–water partition coefficient (Wildman–Crippen LogP) is 7.02. The molecule has 0 amide bonds. The van der Waals surface area contributed by atoms with Crippen molar-refractivity contribution < 1.29 is 9.47 Å². The Balaban J connectivity index is 1.55. The van der Waals surface area contributed by atoms with E-state index in [2.05, 4.69) is 19.1 Å². The first-order valence-electron chi connectivity index (χ1n) is 10.4. The summed E-state index contributed by atoms with van der Waals surface area (Å²) in [4.78, 5) is 0. The first-order valence-corrected chi connectivity index (χ1v) is 11.2. The number of hydrogen-bond donors (Lipinski definition) is 0. The minimum Gasteiger partial charge on any atom is -0.494 e.